The van der Waals surface area contributed by atoms with Gasteiger partial charge in [-0.1, -0.05) is 0 Å². The molecule has 23 heavy (non-hydrogen) atoms. The molecule has 0 spiro atoms. The number of nitrogens with zero attached hydrogens (tertiary/aromatic N) is 2. The van der Waals surface area contributed by atoms with E-state index in [0.717, 1.165) is 19.4 Å². The number of ether oxygens (including phenoxy) is 1. The number of carbonyl (C=O) groups excluding carboxylic acids is 1. The van der Waals surface area contributed by atoms with Gasteiger partial charge in [-0.15, -0.1) is 12.4 Å². The van der Waals surface area contributed by atoms with Crippen LogP contribution in [0.25, 0.3) is 0 Å². The van der Waals surface area contributed by atoms with Crippen LogP contribution in [0.4, 0.5) is 5.69 Å². The molecule has 2 rings (SSSR count). The van der Waals surface area contributed by atoms with E-state index < -0.39 is 4.92 Å². The molecule has 1 aliphatic rings. The summed E-state index contributed by atoms with van der Waals surface area (Å²) in [7, 11) is 0. The van der Waals surface area contributed by atoms with E-state index in [1.807, 2.05) is 6.92 Å². The molecule has 8 heteroatoms. The summed E-state index contributed by atoms with van der Waals surface area (Å²) in [6, 6.07) is 5.77. The second-order valence-corrected chi connectivity index (χ2v) is 5.64. The molecular weight excluding hydrogens is 322 g/mol. The lowest BCUT2D eigenvalue weighted by Gasteiger charge is -2.34. The number of non-ortho nitro benzene ring substituents is 1. The molecule has 1 saturated heterocycles. The molecule has 0 aliphatic carbocycles. The van der Waals surface area contributed by atoms with Gasteiger partial charge in [-0.25, -0.2) is 0 Å². The first-order valence-electron chi connectivity index (χ1n) is 7.38. The zero-order chi connectivity index (χ0) is 16.1. The number of nitro groups is 1. The summed E-state index contributed by atoms with van der Waals surface area (Å²) >= 11 is 0. The van der Waals surface area contributed by atoms with Gasteiger partial charge in [0.2, 0.25) is 0 Å². The van der Waals surface area contributed by atoms with Crippen molar-refractivity contribution in [2.45, 2.75) is 25.8 Å². The number of nitro benzene ring substituents is 1. The van der Waals surface area contributed by atoms with Gasteiger partial charge in [0, 0.05) is 31.3 Å². The Kier molecular flexibility index (Phi) is 7.25. The van der Waals surface area contributed by atoms with Crippen LogP contribution in [-0.4, -0.2) is 41.5 Å². The third-order valence-electron chi connectivity index (χ3n) is 3.96. The molecule has 0 radical (unpaired) electrons. The van der Waals surface area contributed by atoms with Crippen LogP contribution in [0.3, 0.4) is 0 Å². The van der Waals surface area contributed by atoms with E-state index in [2.05, 4.69) is 0 Å². The number of likely N-dealkylation sites (tertiary alicyclic amines) is 1. The van der Waals surface area contributed by atoms with Crippen LogP contribution >= 0.6 is 12.4 Å². The second-order valence-electron chi connectivity index (χ2n) is 5.64. The van der Waals surface area contributed by atoms with Crippen LogP contribution in [0.15, 0.2) is 24.3 Å². The van der Waals surface area contributed by atoms with E-state index in [4.69, 9.17) is 10.5 Å². The standard InChI is InChI=1S/C15H21N3O4.ClH/c1-11(16)12-3-2-8-17(9-12)15(19)10-22-14-6-4-13(5-7-14)18(20)21;/h4-7,11-12H,2-3,8-10,16H2,1H3;1H. The van der Waals surface area contributed by atoms with Crippen molar-refractivity contribution >= 4 is 24.0 Å². The lowest BCUT2D eigenvalue weighted by atomic mass is 9.92. The molecule has 1 aliphatic heterocycles. The molecule has 2 N–H and O–H groups in total. The van der Waals surface area contributed by atoms with Crippen molar-refractivity contribution < 1.29 is 14.5 Å². The zero-order valence-electron chi connectivity index (χ0n) is 13.0. The summed E-state index contributed by atoms with van der Waals surface area (Å²) in [5.74, 6) is 0.695. The van der Waals surface area contributed by atoms with Crippen LogP contribution in [-0.2, 0) is 4.79 Å². The molecule has 7 nitrogen and oxygen atoms in total. The number of nitrogens with two attached hydrogens (primary N) is 1. The van der Waals surface area contributed by atoms with Gasteiger partial charge in [0.1, 0.15) is 5.75 Å². The van der Waals surface area contributed by atoms with Crippen LogP contribution < -0.4 is 10.5 Å². The van der Waals surface area contributed by atoms with Crippen molar-refractivity contribution in [3.05, 3.63) is 34.4 Å². The quantitative estimate of drug-likeness (QED) is 0.651. The molecule has 128 valence electrons. The summed E-state index contributed by atoms with van der Waals surface area (Å²) in [5, 5.41) is 10.6. The number of carbonyl (C=O) groups is 1. The van der Waals surface area contributed by atoms with Crippen LogP contribution in [0.1, 0.15) is 19.8 Å². The summed E-state index contributed by atoms with van der Waals surface area (Å²) in [6.45, 7) is 3.29. The minimum absolute atomic E-state index is 0. The molecule has 0 saturated carbocycles. The fourth-order valence-electron chi connectivity index (χ4n) is 2.57. The summed E-state index contributed by atoms with van der Waals surface area (Å²) < 4.78 is 5.41. The number of hydrogen-bond acceptors (Lipinski definition) is 5. The SMILES string of the molecule is CC(N)C1CCCN(C(=O)COc2ccc([N+](=O)[O-])cc2)C1.Cl. The highest BCUT2D eigenvalue weighted by atomic mass is 35.5. The first-order chi connectivity index (χ1) is 10.5. The number of hydrogen-bond donors (Lipinski definition) is 1. The van der Waals surface area contributed by atoms with Crippen molar-refractivity contribution in [3.63, 3.8) is 0 Å². The van der Waals surface area contributed by atoms with E-state index >= 15 is 0 Å². The topological polar surface area (TPSA) is 98.7 Å². The normalized spacial score (nSPS) is 18.7. The highest BCUT2D eigenvalue weighted by molar-refractivity contribution is 5.85. The molecule has 0 bridgehead atoms. The third kappa shape index (κ3) is 5.37. The number of benzene rings is 1. The minimum Gasteiger partial charge on any atom is -0.484 e. The van der Waals surface area contributed by atoms with Gasteiger partial charge >= 0.3 is 0 Å². The van der Waals surface area contributed by atoms with E-state index in [1.165, 1.54) is 24.3 Å². The number of rotatable bonds is 5. The summed E-state index contributed by atoms with van der Waals surface area (Å²) in [4.78, 5) is 24.0. The van der Waals surface area contributed by atoms with Crippen molar-refractivity contribution in [2.24, 2.45) is 11.7 Å². The average Bonchev–Trinajstić information content (AvgIpc) is 2.53. The monoisotopic (exact) mass is 343 g/mol. The molecule has 1 fully saturated rings. The zero-order valence-corrected chi connectivity index (χ0v) is 13.8. The van der Waals surface area contributed by atoms with Crippen molar-refractivity contribution in [3.8, 4) is 5.75 Å². The molecule has 1 heterocycles. The second kappa shape index (κ2) is 8.69. The largest absolute Gasteiger partial charge is 0.484 e. The van der Waals surface area contributed by atoms with Gasteiger partial charge in [0.15, 0.2) is 6.61 Å². The Morgan fingerprint density at radius 2 is 2.13 bits per heavy atom. The molecule has 1 aromatic carbocycles. The number of amides is 1. The summed E-state index contributed by atoms with van der Waals surface area (Å²) in [6.07, 6.45) is 2.00. The van der Waals surface area contributed by atoms with Crippen molar-refractivity contribution in [1.29, 1.82) is 0 Å². The number of piperidine rings is 1. The maximum atomic E-state index is 12.2. The molecule has 1 aromatic rings. The van der Waals surface area contributed by atoms with Gasteiger partial charge in [-0.05, 0) is 37.8 Å². The van der Waals surface area contributed by atoms with Crippen molar-refractivity contribution in [1.82, 2.24) is 4.90 Å². The van der Waals surface area contributed by atoms with Crippen LogP contribution in [0.2, 0.25) is 0 Å². The van der Waals surface area contributed by atoms with E-state index in [1.54, 1.807) is 4.90 Å². The van der Waals surface area contributed by atoms with Crippen LogP contribution in [0, 0.1) is 16.0 Å². The Hall–Kier alpha value is -1.86. The van der Waals surface area contributed by atoms with Gasteiger partial charge < -0.3 is 15.4 Å². The van der Waals surface area contributed by atoms with Crippen LogP contribution in [0.5, 0.6) is 5.75 Å². The molecular formula is C15H22ClN3O4. The lowest BCUT2D eigenvalue weighted by molar-refractivity contribution is -0.384. The Morgan fingerprint density at radius 1 is 1.48 bits per heavy atom. The first-order valence-corrected chi connectivity index (χ1v) is 7.38. The highest BCUT2D eigenvalue weighted by Crippen LogP contribution is 2.20. The Balaban J connectivity index is 0.00000264. The Morgan fingerprint density at radius 3 is 2.70 bits per heavy atom. The Labute approximate surface area is 141 Å². The van der Waals surface area contributed by atoms with Crippen molar-refractivity contribution in [2.75, 3.05) is 19.7 Å². The maximum Gasteiger partial charge on any atom is 0.269 e. The minimum atomic E-state index is -0.475. The van der Waals surface area contributed by atoms with Gasteiger partial charge in [-0.2, -0.15) is 0 Å². The fraction of sp³-hybridized carbons (Fsp3) is 0.533. The highest BCUT2D eigenvalue weighted by Gasteiger charge is 2.25. The van der Waals surface area contributed by atoms with Gasteiger partial charge in [0.25, 0.3) is 11.6 Å². The van der Waals surface area contributed by atoms with E-state index in [-0.39, 0.29) is 36.7 Å². The lowest BCUT2D eigenvalue weighted by Crippen LogP contribution is -2.46. The predicted molar refractivity (Wildman–Crippen MR) is 88.8 cm³/mol. The molecule has 2 atom stereocenters. The fourth-order valence-corrected chi connectivity index (χ4v) is 2.57. The number of halogens is 1. The predicted octanol–water partition coefficient (Wildman–Crippen LogP) is 1.98. The molecule has 2 unspecified atom stereocenters. The third-order valence-corrected chi connectivity index (χ3v) is 3.96. The van der Waals surface area contributed by atoms with E-state index in [0.29, 0.717) is 18.2 Å². The Bertz CT molecular complexity index is 536. The van der Waals surface area contributed by atoms with Gasteiger partial charge in [-0.3, -0.25) is 14.9 Å². The first kappa shape index (κ1) is 19.2. The molecule has 0 aromatic heterocycles. The average molecular weight is 344 g/mol. The van der Waals surface area contributed by atoms with E-state index in [9.17, 15) is 14.9 Å². The maximum absolute atomic E-state index is 12.2. The summed E-state index contributed by atoms with van der Waals surface area (Å²) in [5.41, 5.74) is 5.90. The van der Waals surface area contributed by atoms with Gasteiger partial charge in [0.05, 0.1) is 4.92 Å². The molecule has 1 amide bonds. The smallest absolute Gasteiger partial charge is 0.269 e.